The zero-order chi connectivity index (χ0) is 32.1. The van der Waals surface area contributed by atoms with Crippen LogP contribution in [0.3, 0.4) is 0 Å². The van der Waals surface area contributed by atoms with Crippen molar-refractivity contribution < 1.29 is 39.2 Å². The van der Waals surface area contributed by atoms with Crippen LogP contribution in [-0.4, -0.2) is 50.0 Å². The Hall–Kier alpha value is -3.46. The summed E-state index contributed by atoms with van der Waals surface area (Å²) in [4.78, 5) is 47.5. The fourth-order valence-electron chi connectivity index (χ4n) is 8.66. The average molecular weight is 596 g/mol. The van der Waals surface area contributed by atoms with E-state index in [9.17, 15) is 24.3 Å². The Labute approximate surface area is 253 Å². The van der Waals surface area contributed by atoms with Crippen LogP contribution in [0.4, 0.5) is 0 Å². The summed E-state index contributed by atoms with van der Waals surface area (Å²) in [7, 11) is 0. The molecule has 9 heteroatoms. The number of fused-ring (bicyclic) bond motifs is 5. The minimum atomic E-state index is -1.39. The van der Waals surface area contributed by atoms with Crippen LogP contribution in [-0.2, 0) is 30.3 Å². The topological polar surface area (TPSA) is 164 Å². The number of ether oxygens (including phenoxy) is 1. The van der Waals surface area contributed by atoms with Crippen molar-refractivity contribution in [1.82, 2.24) is 0 Å². The lowest BCUT2D eigenvalue weighted by atomic mass is 9.47. The number of hydrogen-bond donors (Lipinski definition) is 4. The molecule has 0 spiro atoms. The van der Waals surface area contributed by atoms with E-state index < -0.39 is 17.1 Å². The van der Waals surface area contributed by atoms with Crippen molar-refractivity contribution in [2.45, 2.75) is 97.6 Å². The molecule has 0 aliphatic heterocycles. The van der Waals surface area contributed by atoms with E-state index in [0.717, 1.165) is 25.7 Å². The summed E-state index contributed by atoms with van der Waals surface area (Å²) in [6.07, 6.45) is 9.28. The van der Waals surface area contributed by atoms with Crippen LogP contribution in [0.15, 0.2) is 41.5 Å². The van der Waals surface area contributed by atoms with Gasteiger partial charge >= 0.3 is 11.9 Å². The number of benzene rings is 1. The van der Waals surface area contributed by atoms with Gasteiger partial charge in [0.1, 0.15) is 5.54 Å². The number of Topliss-reactive ketones (excluding diaryl/α,β-unsaturated/α-hetero) is 1. The van der Waals surface area contributed by atoms with Gasteiger partial charge in [0, 0.05) is 25.2 Å². The maximum atomic E-state index is 12.8. The first-order valence-corrected chi connectivity index (χ1v) is 15.1. The molecule has 0 radical (unpaired) electrons. The highest BCUT2D eigenvalue weighted by Gasteiger charge is 2.67. The van der Waals surface area contributed by atoms with Gasteiger partial charge in [-0.2, -0.15) is 0 Å². The lowest BCUT2D eigenvalue weighted by Crippen LogP contribution is -2.58. The Morgan fingerprint density at radius 2 is 1.70 bits per heavy atom. The highest BCUT2D eigenvalue weighted by atomic mass is 16.6. The Kier molecular flexibility index (Phi) is 8.48. The van der Waals surface area contributed by atoms with E-state index in [0.29, 0.717) is 36.2 Å². The highest BCUT2D eigenvalue weighted by molar-refractivity contribution is 5.92. The van der Waals surface area contributed by atoms with E-state index in [1.807, 2.05) is 6.08 Å². The van der Waals surface area contributed by atoms with Gasteiger partial charge in [0.25, 0.3) is 0 Å². The lowest BCUT2D eigenvalue weighted by Gasteiger charge is -2.58. The van der Waals surface area contributed by atoms with Gasteiger partial charge in [-0.25, -0.2) is 0 Å². The van der Waals surface area contributed by atoms with E-state index >= 15 is 0 Å². The second-order valence-corrected chi connectivity index (χ2v) is 13.8. The SMILES string of the molecule is CC(=O)OC1(C(C)=O)CCC2C3C=C(C)C4=CC(=O)CCC4(C)C3CCC21C.CC(N)(Cc1ccc(O)c(O)c1)C(=O)O. The van der Waals surface area contributed by atoms with Crippen molar-refractivity contribution in [3.05, 3.63) is 47.1 Å². The Bertz CT molecular complexity index is 1410. The molecule has 7 atom stereocenters. The molecule has 234 valence electrons. The normalized spacial score (nSPS) is 34.1. The fraction of sp³-hybridized carbons (Fsp3) is 0.588. The van der Waals surface area contributed by atoms with Gasteiger partial charge in [-0.3, -0.25) is 19.2 Å². The second-order valence-electron chi connectivity index (χ2n) is 13.8. The quantitative estimate of drug-likeness (QED) is 0.270. The maximum absolute atomic E-state index is 12.8. The van der Waals surface area contributed by atoms with Crippen LogP contribution < -0.4 is 5.73 Å². The number of phenolic OH excluding ortho intramolecular Hbond substituents is 2. The van der Waals surface area contributed by atoms with Crippen molar-refractivity contribution in [2.24, 2.45) is 34.3 Å². The molecule has 2 saturated carbocycles. The molecule has 0 amide bonds. The van der Waals surface area contributed by atoms with Crippen molar-refractivity contribution in [1.29, 1.82) is 0 Å². The summed E-state index contributed by atoms with van der Waals surface area (Å²) in [5, 5.41) is 27.0. The molecule has 1 aromatic rings. The first kappa shape index (κ1) is 32.5. The Balaban J connectivity index is 0.000000239. The molecule has 5 rings (SSSR count). The number of esters is 1. The summed E-state index contributed by atoms with van der Waals surface area (Å²) >= 11 is 0. The number of carbonyl (C=O) groups is 4. The first-order chi connectivity index (χ1) is 19.9. The third-order valence-corrected chi connectivity index (χ3v) is 10.9. The van der Waals surface area contributed by atoms with Gasteiger partial charge in [-0.15, -0.1) is 0 Å². The molecule has 1 aromatic carbocycles. The number of allylic oxidation sites excluding steroid dienone is 4. The van der Waals surface area contributed by atoms with Gasteiger partial charge in [0.05, 0.1) is 0 Å². The van der Waals surface area contributed by atoms with Crippen molar-refractivity contribution >= 4 is 23.5 Å². The molecule has 0 aromatic heterocycles. The molecular weight excluding hydrogens is 550 g/mol. The zero-order valence-electron chi connectivity index (χ0n) is 26.0. The summed E-state index contributed by atoms with van der Waals surface area (Å²) in [5.74, 6) is -0.613. The molecule has 0 bridgehead atoms. The van der Waals surface area contributed by atoms with Crippen LogP contribution >= 0.6 is 0 Å². The number of ketones is 2. The third-order valence-electron chi connectivity index (χ3n) is 10.9. The van der Waals surface area contributed by atoms with Crippen LogP contribution in [0, 0.1) is 28.6 Å². The third kappa shape index (κ3) is 5.52. The molecule has 5 N–H and O–H groups in total. The number of carboxylic acids is 1. The fourth-order valence-corrected chi connectivity index (χ4v) is 8.66. The zero-order valence-corrected chi connectivity index (χ0v) is 26.0. The molecule has 0 saturated heterocycles. The first-order valence-electron chi connectivity index (χ1n) is 15.1. The number of carbonyl (C=O) groups excluding carboxylic acids is 3. The lowest BCUT2D eigenvalue weighted by molar-refractivity contribution is -0.185. The van der Waals surface area contributed by atoms with Crippen molar-refractivity contribution in [2.75, 3.05) is 0 Å². The van der Waals surface area contributed by atoms with E-state index in [2.05, 4.69) is 26.8 Å². The minimum absolute atomic E-state index is 0.0160. The summed E-state index contributed by atoms with van der Waals surface area (Å²) in [5.41, 5.74) is 5.86. The molecule has 2 fully saturated rings. The second kappa shape index (κ2) is 11.2. The van der Waals surface area contributed by atoms with E-state index in [1.165, 1.54) is 43.2 Å². The summed E-state index contributed by atoms with van der Waals surface area (Å²) < 4.78 is 5.82. The highest BCUT2D eigenvalue weighted by Crippen LogP contribution is 2.67. The number of hydrogen-bond acceptors (Lipinski definition) is 8. The predicted octanol–water partition coefficient (Wildman–Crippen LogP) is 5.02. The molecule has 7 unspecified atom stereocenters. The van der Waals surface area contributed by atoms with Crippen molar-refractivity contribution in [3.63, 3.8) is 0 Å². The predicted molar refractivity (Wildman–Crippen MR) is 160 cm³/mol. The number of carboxylic acid groups (broad SMARTS) is 1. The number of aliphatic carboxylic acids is 1. The van der Waals surface area contributed by atoms with Crippen molar-refractivity contribution in [3.8, 4) is 11.5 Å². The minimum Gasteiger partial charge on any atom is -0.504 e. The average Bonchev–Trinajstić information content (AvgIpc) is 3.20. The molecule has 4 aliphatic rings. The summed E-state index contributed by atoms with van der Waals surface area (Å²) in [6.45, 7) is 11.0. The van der Waals surface area contributed by atoms with Gasteiger partial charge in [-0.1, -0.05) is 31.6 Å². The number of nitrogens with two attached hydrogens (primary N) is 1. The van der Waals surface area contributed by atoms with Crippen LogP contribution in [0.25, 0.3) is 0 Å². The monoisotopic (exact) mass is 595 g/mol. The number of rotatable bonds is 5. The Morgan fingerprint density at radius 3 is 2.28 bits per heavy atom. The van der Waals surface area contributed by atoms with E-state index in [4.69, 9.17) is 20.7 Å². The van der Waals surface area contributed by atoms with Gasteiger partial charge in [0.15, 0.2) is 28.7 Å². The largest absolute Gasteiger partial charge is 0.504 e. The van der Waals surface area contributed by atoms with Gasteiger partial charge in [-0.05, 0) is 105 Å². The molecule has 9 nitrogen and oxygen atoms in total. The van der Waals surface area contributed by atoms with E-state index in [1.54, 1.807) is 6.92 Å². The standard InChI is InChI=1S/C24H32O4.C10H13NO4/c1-14-12-18-19(22(4)9-6-17(27)13-21(14)22)7-10-23(5)20(18)8-11-24(23,15(2)25)28-16(3)26;1-10(11,9(14)15)5-6-2-3-7(12)8(13)4-6/h12-13,18-20H,6-11H2,1-5H3;2-4,12-13H,5,11H2,1H3,(H,14,15). The molecule has 4 aliphatic carbocycles. The molecule has 43 heavy (non-hydrogen) atoms. The maximum Gasteiger partial charge on any atom is 0.323 e. The smallest absolute Gasteiger partial charge is 0.323 e. The molecule has 0 heterocycles. The van der Waals surface area contributed by atoms with Crippen LogP contribution in [0.1, 0.15) is 85.6 Å². The number of phenols is 2. The van der Waals surface area contributed by atoms with Gasteiger partial charge < -0.3 is 25.8 Å². The Morgan fingerprint density at radius 1 is 1.05 bits per heavy atom. The van der Waals surface area contributed by atoms with Crippen LogP contribution in [0.5, 0.6) is 11.5 Å². The molecular formula is C34H45NO8. The number of aromatic hydroxyl groups is 2. The van der Waals surface area contributed by atoms with Gasteiger partial charge in [0.2, 0.25) is 0 Å². The van der Waals surface area contributed by atoms with E-state index in [-0.39, 0.29) is 46.3 Å². The summed E-state index contributed by atoms with van der Waals surface area (Å²) in [6, 6.07) is 4.11. The van der Waals surface area contributed by atoms with Crippen LogP contribution in [0.2, 0.25) is 0 Å².